The molecule has 0 saturated carbocycles. The monoisotopic (exact) mass is 257 g/mol. The molecule has 1 aromatic heterocycles. The minimum atomic E-state index is -0.200. The summed E-state index contributed by atoms with van der Waals surface area (Å²) in [5.74, 6) is 0.459. The number of rotatable bonds is 6. The molecule has 0 fully saturated rings. The summed E-state index contributed by atoms with van der Waals surface area (Å²) in [6.45, 7) is 4.83. The summed E-state index contributed by atoms with van der Waals surface area (Å²) in [6.07, 6.45) is 1.39. The Bertz CT molecular complexity index is 390. The third-order valence-corrected chi connectivity index (χ3v) is 3.45. The highest BCUT2D eigenvalue weighted by Gasteiger charge is 2.13. The minimum Gasteiger partial charge on any atom is -0.469 e. The number of nitrogens with two attached hydrogens (primary N) is 1. The van der Waals surface area contributed by atoms with Gasteiger partial charge in [-0.25, -0.2) is 0 Å². The van der Waals surface area contributed by atoms with E-state index in [1.807, 2.05) is 11.6 Å². The Kier molecular flexibility index (Phi) is 5.34. The highest BCUT2D eigenvalue weighted by molar-refractivity contribution is 7.99. The van der Waals surface area contributed by atoms with Crippen LogP contribution >= 0.6 is 11.8 Å². The summed E-state index contributed by atoms with van der Waals surface area (Å²) in [4.78, 5) is 11.0. The maximum atomic E-state index is 11.0. The number of nitrogens with zero attached hydrogens (tertiary/aromatic N) is 2. The zero-order valence-electron chi connectivity index (χ0n) is 10.5. The van der Waals surface area contributed by atoms with Crippen molar-refractivity contribution < 1.29 is 9.53 Å². The van der Waals surface area contributed by atoms with E-state index in [1.54, 1.807) is 11.8 Å². The average molecular weight is 257 g/mol. The number of anilines is 1. The van der Waals surface area contributed by atoms with Crippen molar-refractivity contribution in [1.82, 2.24) is 9.78 Å². The van der Waals surface area contributed by atoms with Gasteiger partial charge in [-0.05, 0) is 13.3 Å². The Hall–Kier alpha value is -1.17. The average Bonchev–Trinajstić information content (AvgIpc) is 2.57. The molecule has 0 saturated heterocycles. The maximum Gasteiger partial charge on any atom is 0.306 e. The lowest BCUT2D eigenvalue weighted by atomic mass is 10.4. The Morgan fingerprint density at radius 3 is 2.88 bits per heavy atom. The summed E-state index contributed by atoms with van der Waals surface area (Å²) in [5.41, 5.74) is 7.53. The van der Waals surface area contributed by atoms with Crippen molar-refractivity contribution in [2.75, 3.05) is 18.6 Å². The number of methoxy groups -OCH3 is 1. The zero-order valence-corrected chi connectivity index (χ0v) is 11.3. The molecule has 5 nitrogen and oxygen atoms in total. The van der Waals surface area contributed by atoms with Gasteiger partial charge in [0.2, 0.25) is 0 Å². The minimum absolute atomic E-state index is 0.200. The molecule has 17 heavy (non-hydrogen) atoms. The molecule has 1 rings (SSSR count). The fraction of sp³-hybridized carbons (Fsp3) is 0.636. The van der Waals surface area contributed by atoms with Gasteiger partial charge >= 0.3 is 5.97 Å². The fourth-order valence-electron chi connectivity index (χ4n) is 1.42. The molecule has 0 atom stereocenters. The van der Waals surface area contributed by atoms with Crippen molar-refractivity contribution in [3.8, 4) is 0 Å². The number of ether oxygens (including phenoxy) is 1. The van der Waals surface area contributed by atoms with Gasteiger partial charge in [0.15, 0.2) is 0 Å². The van der Waals surface area contributed by atoms with Crippen LogP contribution in [0.15, 0.2) is 5.03 Å². The first-order valence-corrected chi connectivity index (χ1v) is 6.61. The topological polar surface area (TPSA) is 70.1 Å². The lowest BCUT2D eigenvalue weighted by Crippen LogP contribution is -2.04. The second-order valence-corrected chi connectivity index (χ2v) is 4.79. The van der Waals surface area contributed by atoms with Crippen LogP contribution in [-0.2, 0) is 16.1 Å². The Balaban J connectivity index is 2.65. The molecule has 1 heterocycles. The Labute approximate surface area is 106 Å². The lowest BCUT2D eigenvalue weighted by molar-refractivity contribution is -0.140. The number of thioether (sulfide) groups is 1. The summed E-state index contributed by atoms with van der Waals surface area (Å²) < 4.78 is 6.50. The highest BCUT2D eigenvalue weighted by Crippen LogP contribution is 2.28. The van der Waals surface area contributed by atoms with Crippen LogP contribution in [0.25, 0.3) is 0 Å². The summed E-state index contributed by atoms with van der Waals surface area (Å²) in [5, 5.41) is 5.32. The molecule has 0 radical (unpaired) electrons. The standard InChI is InChI=1S/C11H19N3O2S/c1-4-6-14-11(10(12)8(2)13-14)17-7-5-9(15)16-3/h4-7,12H2,1-3H3. The van der Waals surface area contributed by atoms with Gasteiger partial charge in [0.05, 0.1) is 24.9 Å². The van der Waals surface area contributed by atoms with Crippen LogP contribution in [0.2, 0.25) is 0 Å². The molecule has 0 amide bonds. The molecule has 0 aliphatic carbocycles. The first-order chi connectivity index (χ1) is 8.10. The van der Waals surface area contributed by atoms with Crippen LogP contribution in [-0.4, -0.2) is 28.6 Å². The number of aryl methyl sites for hydroxylation is 2. The van der Waals surface area contributed by atoms with E-state index in [2.05, 4.69) is 16.8 Å². The van der Waals surface area contributed by atoms with Crippen LogP contribution < -0.4 is 5.73 Å². The number of aromatic nitrogens is 2. The smallest absolute Gasteiger partial charge is 0.306 e. The zero-order chi connectivity index (χ0) is 12.8. The second kappa shape index (κ2) is 6.54. The molecule has 0 unspecified atom stereocenters. The van der Waals surface area contributed by atoms with Crippen molar-refractivity contribution in [3.63, 3.8) is 0 Å². The maximum absolute atomic E-state index is 11.0. The van der Waals surface area contributed by atoms with Gasteiger partial charge in [0.25, 0.3) is 0 Å². The largest absolute Gasteiger partial charge is 0.469 e. The number of nitrogen functional groups attached to an aromatic ring is 1. The van der Waals surface area contributed by atoms with E-state index in [1.165, 1.54) is 7.11 Å². The van der Waals surface area contributed by atoms with Crippen LogP contribution in [0, 0.1) is 6.92 Å². The van der Waals surface area contributed by atoms with Crippen LogP contribution in [0.3, 0.4) is 0 Å². The molecule has 0 aliphatic heterocycles. The van der Waals surface area contributed by atoms with Gasteiger partial charge < -0.3 is 10.5 Å². The molecule has 0 aliphatic rings. The predicted octanol–water partition coefficient (Wildman–Crippen LogP) is 1.84. The van der Waals surface area contributed by atoms with Crippen molar-refractivity contribution in [2.45, 2.75) is 38.3 Å². The lowest BCUT2D eigenvalue weighted by Gasteiger charge is -2.06. The van der Waals surface area contributed by atoms with Crippen LogP contribution in [0.1, 0.15) is 25.5 Å². The predicted molar refractivity (Wildman–Crippen MR) is 69.0 cm³/mol. The van der Waals surface area contributed by atoms with E-state index in [0.29, 0.717) is 17.9 Å². The van der Waals surface area contributed by atoms with E-state index < -0.39 is 0 Å². The van der Waals surface area contributed by atoms with E-state index in [0.717, 1.165) is 23.7 Å². The molecular weight excluding hydrogens is 238 g/mol. The Morgan fingerprint density at radius 1 is 1.59 bits per heavy atom. The second-order valence-electron chi connectivity index (χ2n) is 3.70. The number of carbonyl (C=O) groups excluding carboxylic acids is 1. The van der Waals surface area contributed by atoms with Gasteiger partial charge in [-0.1, -0.05) is 6.92 Å². The van der Waals surface area contributed by atoms with Crippen molar-refractivity contribution >= 4 is 23.4 Å². The van der Waals surface area contributed by atoms with Crippen LogP contribution in [0.4, 0.5) is 5.69 Å². The number of esters is 1. The third kappa shape index (κ3) is 3.66. The Morgan fingerprint density at radius 2 is 2.29 bits per heavy atom. The molecule has 2 N–H and O–H groups in total. The first-order valence-electron chi connectivity index (χ1n) is 5.62. The molecular formula is C11H19N3O2S. The van der Waals surface area contributed by atoms with Gasteiger partial charge in [0.1, 0.15) is 5.03 Å². The summed E-state index contributed by atoms with van der Waals surface area (Å²) in [7, 11) is 1.40. The van der Waals surface area contributed by atoms with Crippen molar-refractivity contribution in [2.24, 2.45) is 0 Å². The normalized spacial score (nSPS) is 10.5. The van der Waals surface area contributed by atoms with Gasteiger partial charge in [0, 0.05) is 12.3 Å². The highest BCUT2D eigenvalue weighted by atomic mass is 32.2. The summed E-state index contributed by atoms with van der Waals surface area (Å²) >= 11 is 1.55. The quantitative estimate of drug-likeness (QED) is 0.622. The van der Waals surface area contributed by atoms with E-state index in [4.69, 9.17) is 5.73 Å². The SMILES string of the molecule is CCCn1nc(C)c(N)c1SCCC(=O)OC. The molecule has 6 heteroatoms. The van der Waals surface area contributed by atoms with Gasteiger partial charge in [-0.15, -0.1) is 11.8 Å². The van der Waals surface area contributed by atoms with Crippen molar-refractivity contribution in [3.05, 3.63) is 5.69 Å². The number of hydrogen-bond donors (Lipinski definition) is 1. The summed E-state index contributed by atoms with van der Waals surface area (Å²) in [6, 6.07) is 0. The molecule has 1 aromatic rings. The molecule has 0 aromatic carbocycles. The third-order valence-electron chi connectivity index (χ3n) is 2.33. The van der Waals surface area contributed by atoms with E-state index >= 15 is 0 Å². The van der Waals surface area contributed by atoms with E-state index in [-0.39, 0.29) is 5.97 Å². The van der Waals surface area contributed by atoms with E-state index in [9.17, 15) is 4.79 Å². The fourth-order valence-corrected chi connectivity index (χ4v) is 2.47. The first kappa shape index (κ1) is 13.9. The van der Waals surface area contributed by atoms with Gasteiger partial charge in [-0.3, -0.25) is 9.48 Å². The molecule has 96 valence electrons. The van der Waals surface area contributed by atoms with Crippen LogP contribution in [0.5, 0.6) is 0 Å². The van der Waals surface area contributed by atoms with Crippen molar-refractivity contribution in [1.29, 1.82) is 0 Å². The molecule has 0 spiro atoms. The van der Waals surface area contributed by atoms with Gasteiger partial charge in [-0.2, -0.15) is 5.10 Å². The number of hydrogen-bond acceptors (Lipinski definition) is 5. The number of carbonyl (C=O) groups is 1. The molecule has 0 bridgehead atoms.